The molecule has 112 valence electrons. The van der Waals surface area contributed by atoms with Gasteiger partial charge in [0.1, 0.15) is 5.82 Å². The zero-order chi connectivity index (χ0) is 15.9. The summed E-state index contributed by atoms with van der Waals surface area (Å²) in [7, 11) is 2.06. The molecule has 0 radical (unpaired) electrons. The van der Waals surface area contributed by atoms with E-state index in [4.69, 9.17) is 0 Å². The summed E-state index contributed by atoms with van der Waals surface area (Å²) in [5.74, 6) is -0.0611. The lowest BCUT2D eigenvalue weighted by molar-refractivity contribution is 0.627. The molecular formula is C20H20FN. The van der Waals surface area contributed by atoms with E-state index in [1.165, 1.54) is 28.6 Å². The van der Waals surface area contributed by atoms with Crippen LogP contribution in [-0.2, 0) is 7.05 Å². The van der Waals surface area contributed by atoms with Gasteiger partial charge in [-0.1, -0.05) is 43.8 Å². The minimum absolute atomic E-state index is 0.145. The Balaban J connectivity index is 2.06. The van der Waals surface area contributed by atoms with Gasteiger partial charge in [0.05, 0.1) is 5.52 Å². The van der Waals surface area contributed by atoms with Gasteiger partial charge >= 0.3 is 0 Å². The third kappa shape index (κ3) is 2.35. The van der Waals surface area contributed by atoms with Crippen LogP contribution in [0, 0.1) is 12.7 Å². The first kappa shape index (κ1) is 14.6. The number of allylic oxidation sites excluding steroid dienone is 1. The van der Waals surface area contributed by atoms with Crippen LogP contribution in [0.4, 0.5) is 4.39 Å². The third-order valence-corrected chi connectivity index (χ3v) is 4.44. The van der Waals surface area contributed by atoms with Crippen molar-refractivity contribution >= 4 is 16.5 Å². The maximum atomic E-state index is 13.1. The molecular weight excluding hydrogens is 273 g/mol. The minimum Gasteiger partial charge on any atom is -0.350 e. The Bertz CT molecular complexity index is 840. The lowest BCUT2D eigenvalue weighted by Gasteiger charge is -2.15. The molecule has 0 saturated heterocycles. The zero-order valence-electron chi connectivity index (χ0n) is 13.2. The monoisotopic (exact) mass is 293 g/mol. The molecule has 1 nitrogen and oxygen atoms in total. The van der Waals surface area contributed by atoms with Crippen LogP contribution >= 0.6 is 0 Å². The standard InChI is InChI=1S/C20H20FN/c1-13-6-5-7-18-19(12-22(4)20(13)18)15(3)14(2)16-8-10-17(21)11-9-16/h5-12,14H,3H2,1-2,4H3. The van der Waals surface area contributed by atoms with Gasteiger partial charge < -0.3 is 4.57 Å². The number of fused-ring (bicyclic) bond motifs is 1. The fraction of sp³-hybridized carbons (Fsp3) is 0.200. The zero-order valence-corrected chi connectivity index (χ0v) is 13.2. The second kappa shape index (κ2) is 5.45. The van der Waals surface area contributed by atoms with E-state index in [2.05, 4.69) is 56.4 Å². The van der Waals surface area contributed by atoms with E-state index in [1.54, 1.807) is 0 Å². The van der Waals surface area contributed by atoms with Crippen molar-refractivity contribution < 1.29 is 4.39 Å². The van der Waals surface area contributed by atoms with Crippen molar-refractivity contribution in [3.05, 3.63) is 77.7 Å². The molecule has 0 aliphatic heterocycles. The van der Waals surface area contributed by atoms with Crippen LogP contribution in [0.15, 0.2) is 55.2 Å². The fourth-order valence-corrected chi connectivity index (χ4v) is 3.11. The summed E-state index contributed by atoms with van der Waals surface area (Å²) in [6.07, 6.45) is 2.14. The lowest BCUT2D eigenvalue weighted by Crippen LogP contribution is -1.96. The number of halogens is 1. The molecule has 3 aromatic rings. The highest BCUT2D eigenvalue weighted by molar-refractivity contribution is 5.95. The predicted molar refractivity (Wildman–Crippen MR) is 91.5 cm³/mol. The Morgan fingerprint density at radius 1 is 1.14 bits per heavy atom. The fourth-order valence-electron chi connectivity index (χ4n) is 3.11. The van der Waals surface area contributed by atoms with Gasteiger partial charge in [-0.2, -0.15) is 0 Å². The van der Waals surface area contributed by atoms with Crippen molar-refractivity contribution in [2.45, 2.75) is 19.8 Å². The second-order valence-electron chi connectivity index (χ2n) is 5.92. The SMILES string of the molecule is C=C(c1cn(C)c2c(C)cccc12)C(C)c1ccc(F)cc1. The Kier molecular flexibility index (Phi) is 3.61. The molecule has 0 fully saturated rings. The Labute approximate surface area is 130 Å². The quantitative estimate of drug-likeness (QED) is 0.605. The summed E-state index contributed by atoms with van der Waals surface area (Å²) < 4.78 is 15.3. The molecule has 2 heteroatoms. The van der Waals surface area contributed by atoms with Crippen molar-refractivity contribution in [3.63, 3.8) is 0 Å². The highest BCUT2D eigenvalue weighted by Gasteiger charge is 2.16. The summed E-state index contributed by atoms with van der Waals surface area (Å²) in [5, 5.41) is 1.22. The molecule has 1 heterocycles. The number of hydrogen-bond acceptors (Lipinski definition) is 0. The van der Waals surface area contributed by atoms with Gasteiger partial charge in [-0.15, -0.1) is 0 Å². The Hall–Kier alpha value is -2.35. The minimum atomic E-state index is -0.206. The van der Waals surface area contributed by atoms with E-state index in [0.29, 0.717) is 0 Å². The van der Waals surface area contributed by atoms with E-state index < -0.39 is 0 Å². The molecule has 1 unspecified atom stereocenters. The van der Waals surface area contributed by atoms with Crippen molar-refractivity contribution in [1.82, 2.24) is 4.57 Å². The number of nitrogens with zero attached hydrogens (tertiary/aromatic N) is 1. The number of aromatic nitrogens is 1. The lowest BCUT2D eigenvalue weighted by atomic mass is 9.89. The van der Waals surface area contributed by atoms with E-state index in [0.717, 1.165) is 16.7 Å². The highest BCUT2D eigenvalue weighted by atomic mass is 19.1. The molecule has 0 spiro atoms. The van der Waals surface area contributed by atoms with Crippen LogP contribution in [0.2, 0.25) is 0 Å². The van der Waals surface area contributed by atoms with Crippen molar-refractivity contribution in [1.29, 1.82) is 0 Å². The van der Waals surface area contributed by atoms with Crippen LogP contribution in [0.25, 0.3) is 16.5 Å². The average Bonchev–Trinajstić information content (AvgIpc) is 2.85. The van der Waals surface area contributed by atoms with Gasteiger partial charge in [-0.3, -0.25) is 0 Å². The summed E-state index contributed by atoms with van der Waals surface area (Å²) in [6.45, 7) is 8.55. The van der Waals surface area contributed by atoms with Crippen LogP contribution in [-0.4, -0.2) is 4.57 Å². The molecule has 1 aromatic heterocycles. The molecule has 0 amide bonds. The maximum Gasteiger partial charge on any atom is 0.123 e. The van der Waals surface area contributed by atoms with Gasteiger partial charge in [0.15, 0.2) is 0 Å². The number of aryl methyl sites for hydroxylation is 2. The molecule has 22 heavy (non-hydrogen) atoms. The number of hydrogen-bond donors (Lipinski definition) is 0. The van der Waals surface area contributed by atoms with Crippen LogP contribution < -0.4 is 0 Å². The largest absolute Gasteiger partial charge is 0.350 e. The van der Waals surface area contributed by atoms with Gasteiger partial charge in [0.2, 0.25) is 0 Å². The van der Waals surface area contributed by atoms with E-state index in [1.807, 2.05) is 12.1 Å². The molecule has 0 N–H and O–H groups in total. The smallest absolute Gasteiger partial charge is 0.123 e. The first-order chi connectivity index (χ1) is 10.5. The van der Waals surface area contributed by atoms with Crippen LogP contribution in [0.5, 0.6) is 0 Å². The van der Waals surface area contributed by atoms with Crippen LogP contribution in [0.3, 0.4) is 0 Å². The molecule has 3 rings (SSSR count). The van der Waals surface area contributed by atoms with E-state index in [9.17, 15) is 4.39 Å². The molecule has 2 aromatic carbocycles. The number of benzene rings is 2. The predicted octanol–water partition coefficient (Wildman–Crippen LogP) is 5.44. The van der Waals surface area contributed by atoms with Crippen LogP contribution in [0.1, 0.15) is 29.5 Å². The van der Waals surface area contributed by atoms with Crippen molar-refractivity contribution in [2.24, 2.45) is 7.05 Å². The van der Waals surface area contributed by atoms with Gasteiger partial charge in [-0.25, -0.2) is 4.39 Å². The van der Waals surface area contributed by atoms with Gasteiger partial charge in [0, 0.05) is 30.1 Å². The van der Waals surface area contributed by atoms with E-state index >= 15 is 0 Å². The topological polar surface area (TPSA) is 4.93 Å². The summed E-state index contributed by atoms with van der Waals surface area (Å²) in [4.78, 5) is 0. The molecule has 0 aliphatic carbocycles. The summed E-state index contributed by atoms with van der Waals surface area (Å²) in [5.41, 5.74) is 5.80. The molecule has 0 bridgehead atoms. The first-order valence-electron chi connectivity index (χ1n) is 7.48. The van der Waals surface area contributed by atoms with Gasteiger partial charge in [-0.05, 0) is 35.8 Å². The first-order valence-corrected chi connectivity index (χ1v) is 7.48. The Morgan fingerprint density at radius 3 is 2.50 bits per heavy atom. The number of rotatable bonds is 3. The summed E-state index contributed by atoms with van der Waals surface area (Å²) in [6, 6.07) is 13.0. The van der Waals surface area contributed by atoms with Gasteiger partial charge in [0.25, 0.3) is 0 Å². The Morgan fingerprint density at radius 2 is 1.82 bits per heavy atom. The van der Waals surface area contributed by atoms with E-state index in [-0.39, 0.29) is 11.7 Å². The normalized spacial score (nSPS) is 12.5. The molecule has 0 saturated carbocycles. The highest BCUT2D eigenvalue weighted by Crippen LogP contribution is 2.35. The number of para-hydroxylation sites is 1. The average molecular weight is 293 g/mol. The summed E-state index contributed by atoms with van der Waals surface area (Å²) >= 11 is 0. The molecule has 1 atom stereocenters. The second-order valence-corrected chi connectivity index (χ2v) is 5.92. The van der Waals surface area contributed by atoms with Crippen molar-refractivity contribution in [3.8, 4) is 0 Å². The van der Waals surface area contributed by atoms with Crippen molar-refractivity contribution in [2.75, 3.05) is 0 Å². The molecule has 0 aliphatic rings. The maximum absolute atomic E-state index is 13.1. The third-order valence-electron chi connectivity index (χ3n) is 4.44.